The maximum atomic E-state index is 12.4. The molecule has 1 aromatic carbocycles. The summed E-state index contributed by atoms with van der Waals surface area (Å²) in [7, 11) is 0.462. The highest BCUT2D eigenvalue weighted by atomic mass is 32.2. The SMILES string of the molecule is Cc1cc(CN)ccc1S(=O)(=O)NCC(C)(C)CN(C)C. The van der Waals surface area contributed by atoms with Crippen molar-refractivity contribution >= 4 is 10.0 Å². The predicted molar refractivity (Wildman–Crippen MR) is 86.6 cm³/mol. The van der Waals surface area contributed by atoms with Gasteiger partial charge in [-0.2, -0.15) is 0 Å². The van der Waals surface area contributed by atoms with Gasteiger partial charge < -0.3 is 10.6 Å². The molecule has 0 spiro atoms. The summed E-state index contributed by atoms with van der Waals surface area (Å²) in [6.45, 7) is 7.48. The highest BCUT2D eigenvalue weighted by Crippen LogP contribution is 2.19. The third kappa shape index (κ3) is 5.39. The van der Waals surface area contributed by atoms with Crippen LogP contribution in [0.25, 0.3) is 0 Å². The van der Waals surface area contributed by atoms with Crippen molar-refractivity contribution in [1.29, 1.82) is 0 Å². The average Bonchev–Trinajstić information content (AvgIpc) is 2.34. The van der Waals surface area contributed by atoms with Gasteiger partial charge in [-0.05, 0) is 43.6 Å². The molecule has 0 aliphatic heterocycles. The van der Waals surface area contributed by atoms with Crippen LogP contribution in [0, 0.1) is 12.3 Å². The van der Waals surface area contributed by atoms with Crippen molar-refractivity contribution in [2.24, 2.45) is 11.1 Å². The second-order valence-corrected chi connectivity index (χ2v) is 8.27. The van der Waals surface area contributed by atoms with Crippen molar-refractivity contribution in [1.82, 2.24) is 9.62 Å². The molecule has 0 radical (unpaired) electrons. The van der Waals surface area contributed by atoms with Gasteiger partial charge in [0.25, 0.3) is 0 Å². The molecule has 1 rings (SSSR count). The lowest BCUT2D eigenvalue weighted by Gasteiger charge is -2.28. The first kappa shape index (κ1) is 18.1. The van der Waals surface area contributed by atoms with Crippen molar-refractivity contribution in [3.05, 3.63) is 29.3 Å². The fourth-order valence-electron chi connectivity index (χ4n) is 2.42. The minimum atomic E-state index is -3.49. The zero-order valence-corrected chi connectivity index (χ0v) is 14.4. The van der Waals surface area contributed by atoms with E-state index in [1.807, 2.05) is 34.0 Å². The molecular weight excluding hydrogens is 286 g/mol. The standard InChI is InChI=1S/C15H27N3O2S/c1-12-8-13(9-16)6-7-14(12)21(19,20)17-10-15(2,3)11-18(4)5/h6-8,17H,9-11,16H2,1-5H3. The van der Waals surface area contributed by atoms with Crippen molar-refractivity contribution < 1.29 is 8.42 Å². The van der Waals surface area contributed by atoms with E-state index < -0.39 is 10.0 Å². The Kier molecular flexibility index (Phi) is 5.92. The third-order valence-corrected chi connectivity index (χ3v) is 4.81. The molecule has 0 saturated carbocycles. The molecule has 0 fully saturated rings. The summed E-state index contributed by atoms with van der Waals surface area (Å²) >= 11 is 0. The Morgan fingerprint density at radius 3 is 2.38 bits per heavy atom. The molecule has 5 nitrogen and oxygen atoms in total. The lowest BCUT2D eigenvalue weighted by atomic mass is 9.93. The molecule has 0 aliphatic rings. The molecule has 1 aromatic rings. The molecule has 0 aromatic heterocycles. The second kappa shape index (κ2) is 6.87. The molecule has 0 heterocycles. The van der Waals surface area contributed by atoms with Crippen LogP contribution in [0.5, 0.6) is 0 Å². The van der Waals surface area contributed by atoms with E-state index in [0.717, 1.165) is 17.7 Å². The molecule has 0 amide bonds. The van der Waals surface area contributed by atoms with Gasteiger partial charge in [-0.3, -0.25) is 0 Å². The normalized spacial score (nSPS) is 12.9. The molecule has 6 heteroatoms. The van der Waals surface area contributed by atoms with Crippen LogP contribution in [0.2, 0.25) is 0 Å². The van der Waals surface area contributed by atoms with Gasteiger partial charge in [-0.1, -0.05) is 26.0 Å². The highest BCUT2D eigenvalue weighted by molar-refractivity contribution is 7.89. The average molecular weight is 313 g/mol. The minimum Gasteiger partial charge on any atom is -0.326 e. The summed E-state index contributed by atoms with van der Waals surface area (Å²) in [6.07, 6.45) is 0. The van der Waals surface area contributed by atoms with E-state index >= 15 is 0 Å². The summed E-state index contributed by atoms with van der Waals surface area (Å²) in [4.78, 5) is 2.37. The Balaban J connectivity index is 2.87. The van der Waals surface area contributed by atoms with E-state index in [-0.39, 0.29) is 5.41 Å². The van der Waals surface area contributed by atoms with Gasteiger partial charge in [0.05, 0.1) is 4.90 Å². The summed E-state index contributed by atoms with van der Waals surface area (Å²) in [5, 5.41) is 0. The van der Waals surface area contributed by atoms with Crippen molar-refractivity contribution in [3.8, 4) is 0 Å². The van der Waals surface area contributed by atoms with Gasteiger partial charge in [0.1, 0.15) is 0 Å². The topological polar surface area (TPSA) is 75.4 Å². The summed E-state index contributed by atoms with van der Waals surface area (Å²) in [5.74, 6) is 0. The monoisotopic (exact) mass is 313 g/mol. The zero-order valence-electron chi connectivity index (χ0n) is 13.6. The Labute approximate surface area is 128 Å². The largest absolute Gasteiger partial charge is 0.326 e. The van der Waals surface area contributed by atoms with Crippen LogP contribution in [0.15, 0.2) is 23.1 Å². The predicted octanol–water partition coefficient (Wildman–Crippen LogP) is 1.32. The lowest BCUT2D eigenvalue weighted by molar-refractivity contribution is 0.242. The quantitative estimate of drug-likeness (QED) is 0.796. The molecule has 0 unspecified atom stereocenters. The zero-order chi connectivity index (χ0) is 16.3. The smallest absolute Gasteiger partial charge is 0.240 e. The molecule has 0 atom stereocenters. The second-order valence-electron chi connectivity index (χ2n) is 6.53. The summed E-state index contributed by atoms with van der Waals surface area (Å²) < 4.78 is 27.6. The fraction of sp³-hybridized carbons (Fsp3) is 0.600. The van der Waals surface area contributed by atoms with E-state index in [4.69, 9.17) is 5.73 Å². The van der Waals surface area contributed by atoms with Gasteiger partial charge in [-0.15, -0.1) is 0 Å². The number of rotatable bonds is 7. The van der Waals surface area contributed by atoms with Gasteiger partial charge in [-0.25, -0.2) is 13.1 Å². The Hall–Kier alpha value is -0.950. The lowest BCUT2D eigenvalue weighted by Crippen LogP contribution is -2.40. The van der Waals surface area contributed by atoms with Gasteiger partial charge in [0.2, 0.25) is 10.0 Å². The molecule has 0 saturated heterocycles. The first-order valence-corrected chi connectivity index (χ1v) is 8.50. The number of aryl methyl sites for hydroxylation is 1. The number of nitrogens with two attached hydrogens (primary N) is 1. The number of hydrogen-bond donors (Lipinski definition) is 2. The van der Waals surface area contributed by atoms with Crippen LogP contribution in [-0.2, 0) is 16.6 Å². The maximum Gasteiger partial charge on any atom is 0.240 e. The van der Waals surface area contributed by atoms with Crippen LogP contribution in [0.4, 0.5) is 0 Å². The fourth-order valence-corrected chi connectivity index (χ4v) is 3.89. The number of hydrogen-bond acceptors (Lipinski definition) is 4. The van der Waals surface area contributed by atoms with E-state index in [1.54, 1.807) is 19.1 Å². The van der Waals surface area contributed by atoms with Crippen LogP contribution in [0.1, 0.15) is 25.0 Å². The molecule has 3 N–H and O–H groups in total. The van der Waals surface area contributed by atoms with Gasteiger partial charge in [0.15, 0.2) is 0 Å². The van der Waals surface area contributed by atoms with Crippen LogP contribution in [0.3, 0.4) is 0 Å². The van der Waals surface area contributed by atoms with Crippen molar-refractivity contribution in [3.63, 3.8) is 0 Å². The van der Waals surface area contributed by atoms with Gasteiger partial charge >= 0.3 is 0 Å². The van der Waals surface area contributed by atoms with E-state index in [0.29, 0.717) is 18.0 Å². The van der Waals surface area contributed by atoms with Crippen LogP contribution in [-0.4, -0.2) is 40.5 Å². The molecular formula is C15H27N3O2S. The first-order chi connectivity index (χ1) is 9.57. The third-order valence-electron chi connectivity index (χ3n) is 3.25. The van der Waals surface area contributed by atoms with Crippen molar-refractivity contribution in [2.45, 2.75) is 32.2 Å². The summed E-state index contributed by atoms with van der Waals surface area (Å²) in [5.41, 5.74) is 7.08. The Bertz CT molecular complexity index is 581. The van der Waals surface area contributed by atoms with Gasteiger partial charge in [0, 0.05) is 19.6 Å². The maximum absolute atomic E-state index is 12.4. The Morgan fingerprint density at radius 1 is 1.29 bits per heavy atom. The highest BCUT2D eigenvalue weighted by Gasteiger charge is 2.24. The molecule has 0 bridgehead atoms. The van der Waals surface area contributed by atoms with E-state index in [1.165, 1.54) is 0 Å². The minimum absolute atomic E-state index is 0.137. The number of sulfonamides is 1. The van der Waals surface area contributed by atoms with E-state index in [9.17, 15) is 8.42 Å². The number of nitrogens with zero attached hydrogens (tertiary/aromatic N) is 1. The van der Waals surface area contributed by atoms with E-state index in [2.05, 4.69) is 9.62 Å². The van der Waals surface area contributed by atoms with Crippen molar-refractivity contribution in [2.75, 3.05) is 27.2 Å². The number of nitrogens with one attached hydrogen (secondary N) is 1. The molecule has 120 valence electrons. The van der Waals surface area contributed by atoms with Crippen LogP contribution >= 0.6 is 0 Å². The Morgan fingerprint density at radius 2 is 1.90 bits per heavy atom. The first-order valence-electron chi connectivity index (χ1n) is 7.01. The van der Waals surface area contributed by atoms with Crippen LogP contribution < -0.4 is 10.5 Å². The molecule has 21 heavy (non-hydrogen) atoms. The number of benzene rings is 1. The summed E-state index contributed by atoms with van der Waals surface area (Å²) in [6, 6.07) is 5.20. The molecule has 0 aliphatic carbocycles.